The predicted octanol–water partition coefficient (Wildman–Crippen LogP) is 5.50. The Hall–Kier alpha value is -3.17. The van der Waals surface area contributed by atoms with Crippen molar-refractivity contribution in [3.8, 4) is 5.75 Å². The Bertz CT molecular complexity index is 1340. The lowest BCUT2D eigenvalue weighted by molar-refractivity contribution is -0.0274. The molecule has 0 radical (unpaired) electrons. The van der Waals surface area contributed by atoms with Crippen LogP contribution in [0.3, 0.4) is 0 Å². The summed E-state index contributed by atoms with van der Waals surface area (Å²) >= 11 is 3.45. The summed E-state index contributed by atoms with van der Waals surface area (Å²) in [5.41, 5.74) is 0.450. The van der Waals surface area contributed by atoms with Crippen LogP contribution in [0.25, 0.3) is 21.8 Å². The van der Waals surface area contributed by atoms with Crippen molar-refractivity contribution in [1.82, 2.24) is 15.0 Å². The number of benzene rings is 2. The first-order chi connectivity index (χ1) is 15.0. The molecule has 0 unspecified atom stereocenters. The number of nitrogens with one attached hydrogen (secondary N) is 1. The third-order valence-electron chi connectivity index (χ3n) is 5.03. The van der Waals surface area contributed by atoms with Crippen molar-refractivity contribution >= 4 is 49.2 Å². The van der Waals surface area contributed by atoms with Gasteiger partial charge in [-0.2, -0.15) is 0 Å². The van der Waals surface area contributed by atoms with E-state index in [1.54, 1.807) is 18.2 Å². The Morgan fingerprint density at radius 3 is 2.81 bits per heavy atom. The number of fused-ring (bicyclic) bond motifs is 2. The maximum atomic E-state index is 15.1. The second-order valence-corrected chi connectivity index (χ2v) is 7.98. The fourth-order valence-electron chi connectivity index (χ4n) is 3.34. The number of halogens is 3. The molecule has 1 N–H and O–H groups in total. The third kappa shape index (κ3) is 3.60. The van der Waals surface area contributed by atoms with Crippen LogP contribution in [0.15, 0.2) is 59.7 Å². The van der Waals surface area contributed by atoms with Crippen molar-refractivity contribution in [3.63, 3.8) is 0 Å². The number of hydrogen-bond acceptors (Lipinski definition) is 6. The van der Waals surface area contributed by atoms with E-state index < -0.39 is 11.6 Å². The molecule has 1 aliphatic heterocycles. The van der Waals surface area contributed by atoms with E-state index in [0.29, 0.717) is 35.6 Å². The molecule has 5 rings (SSSR count). The monoisotopic (exact) mass is 484 g/mol. The molecular weight excluding hydrogens is 470 g/mol. The van der Waals surface area contributed by atoms with Gasteiger partial charge < -0.3 is 14.8 Å². The van der Waals surface area contributed by atoms with Gasteiger partial charge in [-0.15, -0.1) is 0 Å². The van der Waals surface area contributed by atoms with Gasteiger partial charge in [-0.25, -0.2) is 18.7 Å². The van der Waals surface area contributed by atoms with Gasteiger partial charge in [0.15, 0.2) is 11.6 Å². The average molecular weight is 485 g/mol. The summed E-state index contributed by atoms with van der Waals surface area (Å²) in [6.45, 7) is 5.07. The van der Waals surface area contributed by atoms with E-state index in [2.05, 4.69) is 42.8 Å². The highest BCUT2D eigenvalue weighted by Gasteiger charge is 2.25. The minimum atomic E-state index is -0.643. The first-order valence-electron chi connectivity index (χ1n) is 9.39. The van der Waals surface area contributed by atoms with Gasteiger partial charge in [-0.1, -0.05) is 22.5 Å². The van der Waals surface area contributed by atoms with Crippen LogP contribution in [0.5, 0.6) is 5.75 Å². The lowest BCUT2D eigenvalue weighted by atomic mass is 10.1. The van der Waals surface area contributed by atoms with Crippen molar-refractivity contribution in [2.24, 2.45) is 5.92 Å². The predicted molar refractivity (Wildman–Crippen MR) is 116 cm³/mol. The zero-order chi connectivity index (χ0) is 21.5. The Balaban J connectivity index is 1.61. The number of anilines is 2. The molecular formula is C22H15BrF2N4O2. The largest absolute Gasteiger partial charge is 0.461 e. The first-order valence-corrected chi connectivity index (χ1v) is 10.2. The lowest BCUT2D eigenvalue weighted by Crippen LogP contribution is -2.30. The van der Waals surface area contributed by atoms with Gasteiger partial charge in [0.1, 0.15) is 29.2 Å². The highest BCUT2D eigenvalue weighted by molar-refractivity contribution is 9.10. The molecule has 9 heteroatoms. The van der Waals surface area contributed by atoms with Gasteiger partial charge in [0, 0.05) is 22.1 Å². The molecule has 6 nitrogen and oxygen atoms in total. The van der Waals surface area contributed by atoms with Crippen molar-refractivity contribution in [1.29, 1.82) is 0 Å². The molecule has 1 fully saturated rings. The smallest absolute Gasteiger partial charge is 0.156 e. The molecule has 2 aromatic heterocycles. The number of pyridine rings is 1. The van der Waals surface area contributed by atoms with Gasteiger partial charge in [0.2, 0.25) is 0 Å². The molecule has 1 aliphatic rings. The molecule has 4 aromatic rings. The van der Waals surface area contributed by atoms with Gasteiger partial charge >= 0.3 is 0 Å². The highest BCUT2D eigenvalue weighted by atomic mass is 79.9. The summed E-state index contributed by atoms with van der Waals surface area (Å²) in [7, 11) is 0. The Morgan fingerprint density at radius 1 is 1.19 bits per heavy atom. The molecule has 0 atom stereocenters. The van der Waals surface area contributed by atoms with Crippen molar-refractivity contribution < 1.29 is 18.3 Å². The van der Waals surface area contributed by atoms with Crippen LogP contribution in [0, 0.1) is 17.6 Å². The summed E-state index contributed by atoms with van der Waals surface area (Å²) in [6.07, 6.45) is 2.75. The normalized spacial score (nSPS) is 13.9. The van der Waals surface area contributed by atoms with Crippen LogP contribution in [0.2, 0.25) is 0 Å². The maximum Gasteiger partial charge on any atom is 0.156 e. The highest BCUT2D eigenvalue weighted by Crippen LogP contribution is 2.37. The lowest BCUT2D eigenvalue weighted by Gasteiger charge is -2.27. The molecule has 0 bridgehead atoms. The van der Waals surface area contributed by atoms with E-state index in [4.69, 9.17) is 9.47 Å². The summed E-state index contributed by atoms with van der Waals surface area (Å²) in [5, 5.41) is 3.48. The molecule has 31 heavy (non-hydrogen) atoms. The number of aromatic nitrogens is 3. The standard InChI is InChI=1S/C22H15BrF2N4O2/c1-11(12-8-30-9-12)31-18-6-13(23)5-16-19(18)22(28-10-27-16)29-17-7-15(24)21-14(20(17)25)3-2-4-26-21/h2-7,10,12H,1,8-9H2,(H,27,28,29). The number of hydrogen-bond donors (Lipinski definition) is 1. The van der Waals surface area contributed by atoms with Crippen molar-refractivity contribution in [2.75, 3.05) is 18.5 Å². The van der Waals surface area contributed by atoms with Crippen LogP contribution in [-0.4, -0.2) is 28.2 Å². The van der Waals surface area contributed by atoms with Crippen LogP contribution in [-0.2, 0) is 4.74 Å². The summed E-state index contributed by atoms with van der Waals surface area (Å²) in [6, 6.07) is 7.62. The molecule has 1 saturated heterocycles. The van der Waals surface area contributed by atoms with E-state index in [0.717, 1.165) is 10.5 Å². The molecule has 156 valence electrons. The number of nitrogens with zero attached hydrogens (tertiary/aromatic N) is 3. The Labute approximate surface area is 184 Å². The topological polar surface area (TPSA) is 69.2 Å². The van der Waals surface area contributed by atoms with Crippen molar-refractivity contribution in [3.05, 3.63) is 71.3 Å². The third-order valence-corrected chi connectivity index (χ3v) is 5.49. The van der Waals surface area contributed by atoms with E-state index in [9.17, 15) is 4.39 Å². The first kappa shape index (κ1) is 19.8. The van der Waals surface area contributed by atoms with Gasteiger partial charge in [-0.05, 0) is 24.3 Å². The second kappa shape index (κ2) is 7.82. The zero-order valence-corrected chi connectivity index (χ0v) is 17.6. The average Bonchev–Trinajstić information content (AvgIpc) is 2.70. The van der Waals surface area contributed by atoms with Gasteiger partial charge in [0.25, 0.3) is 0 Å². The van der Waals surface area contributed by atoms with E-state index >= 15 is 4.39 Å². The molecule has 0 spiro atoms. The quantitative estimate of drug-likeness (QED) is 0.377. The maximum absolute atomic E-state index is 15.1. The summed E-state index contributed by atoms with van der Waals surface area (Å²) in [5.74, 6) is 0.0748. The summed E-state index contributed by atoms with van der Waals surface area (Å²) in [4.78, 5) is 12.5. The van der Waals surface area contributed by atoms with Crippen LogP contribution in [0.4, 0.5) is 20.3 Å². The fraction of sp³-hybridized carbons (Fsp3) is 0.136. The SMILES string of the molecule is C=C(Oc1cc(Br)cc2ncnc(Nc3cc(F)c4ncccc4c3F)c12)C1COC1. The minimum Gasteiger partial charge on any atom is -0.461 e. The van der Waals surface area contributed by atoms with Gasteiger partial charge in [0.05, 0.1) is 35.7 Å². The summed E-state index contributed by atoms with van der Waals surface area (Å²) < 4.78 is 41.6. The molecule has 0 amide bonds. The molecule has 0 saturated carbocycles. The minimum absolute atomic E-state index is 0.0370. The van der Waals surface area contributed by atoms with Crippen LogP contribution in [0.1, 0.15) is 0 Å². The number of rotatable bonds is 5. The fourth-order valence-corrected chi connectivity index (χ4v) is 3.76. The van der Waals surface area contributed by atoms with E-state index in [1.807, 2.05) is 0 Å². The van der Waals surface area contributed by atoms with E-state index in [1.165, 1.54) is 18.6 Å². The Morgan fingerprint density at radius 2 is 2.03 bits per heavy atom. The number of ether oxygens (including phenoxy) is 2. The zero-order valence-electron chi connectivity index (χ0n) is 16.0. The molecule has 3 heterocycles. The molecule has 0 aliphatic carbocycles. The van der Waals surface area contributed by atoms with Crippen LogP contribution < -0.4 is 10.1 Å². The van der Waals surface area contributed by atoms with Gasteiger partial charge in [-0.3, -0.25) is 4.98 Å². The Kier molecular flexibility index (Phi) is 4.99. The van der Waals surface area contributed by atoms with Crippen LogP contribution >= 0.6 is 15.9 Å². The van der Waals surface area contributed by atoms with E-state index in [-0.39, 0.29) is 28.3 Å². The molecule has 2 aromatic carbocycles. The van der Waals surface area contributed by atoms with Crippen molar-refractivity contribution in [2.45, 2.75) is 0 Å². The second-order valence-electron chi connectivity index (χ2n) is 7.07.